The summed E-state index contributed by atoms with van der Waals surface area (Å²) in [6.45, 7) is 3.50. The van der Waals surface area contributed by atoms with Gasteiger partial charge in [-0.3, -0.25) is 4.98 Å². The van der Waals surface area contributed by atoms with Crippen LogP contribution in [0.4, 0.5) is 4.79 Å². The summed E-state index contributed by atoms with van der Waals surface area (Å²) in [5, 5.41) is 11.2. The Labute approximate surface area is 105 Å². The molecule has 1 aromatic rings. The lowest BCUT2D eigenvalue weighted by atomic mass is 10.1. The molecule has 0 aliphatic rings. The Morgan fingerprint density at radius 1 is 1.39 bits per heavy atom. The normalized spacial score (nSPS) is 11.9. The van der Waals surface area contributed by atoms with E-state index in [0.29, 0.717) is 0 Å². The van der Waals surface area contributed by atoms with E-state index in [0.717, 1.165) is 5.56 Å². The smallest absolute Gasteiger partial charge is 0.408 e. The van der Waals surface area contributed by atoms with Gasteiger partial charge in [0, 0.05) is 12.4 Å². The van der Waals surface area contributed by atoms with Crippen molar-refractivity contribution in [3.8, 4) is 0 Å². The zero-order valence-electron chi connectivity index (χ0n) is 10.3. The van der Waals surface area contributed by atoms with E-state index in [2.05, 4.69) is 10.3 Å². The summed E-state index contributed by atoms with van der Waals surface area (Å²) in [5.74, 6) is -1.29. The third kappa shape index (κ3) is 4.40. The monoisotopic (exact) mass is 252 g/mol. The fourth-order valence-electron chi connectivity index (χ4n) is 1.31. The van der Waals surface area contributed by atoms with E-state index in [4.69, 9.17) is 9.84 Å². The number of ether oxygens (including phenoxy) is 1. The molecular formula is C12H16N2O4. The molecule has 0 aliphatic carbocycles. The van der Waals surface area contributed by atoms with Crippen molar-refractivity contribution in [2.45, 2.75) is 26.5 Å². The van der Waals surface area contributed by atoms with Gasteiger partial charge in [-0.15, -0.1) is 0 Å². The number of hydrogen-bond donors (Lipinski definition) is 2. The molecular weight excluding hydrogens is 236 g/mol. The zero-order valence-corrected chi connectivity index (χ0v) is 10.3. The largest absolute Gasteiger partial charge is 0.480 e. The van der Waals surface area contributed by atoms with Gasteiger partial charge in [-0.05, 0) is 23.6 Å². The quantitative estimate of drug-likeness (QED) is 0.827. The van der Waals surface area contributed by atoms with Crippen molar-refractivity contribution in [2.24, 2.45) is 5.92 Å². The van der Waals surface area contributed by atoms with Gasteiger partial charge >= 0.3 is 12.1 Å². The molecule has 98 valence electrons. The Balaban J connectivity index is 2.44. The number of nitrogens with one attached hydrogen (secondary N) is 1. The number of amides is 1. The Kier molecular flexibility index (Phi) is 5.10. The van der Waals surface area contributed by atoms with Crippen molar-refractivity contribution in [3.05, 3.63) is 30.1 Å². The number of carboxylic acids is 1. The van der Waals surface area contributed by atoms with Crippen molar-refractivity contribution in [1.82, 2.24) is 10.3 Å². The second kappa shape index (κ2) is 6.58. The van der Waals surface area contributed by atoms with Gasteiger partial charge in [0.2, 0.25) is 0 Å². The number of hydrogen-bond acceptors (Lipinski definition) is 4. The lowest BCUT2D eigenvalue weighted by Gasteiger charge is -2.17. The van der Waals surface area contributed by atoms with Gasteiger partial charge in [0.1, 0.15) is 12.6 Å². The average molecular weight is 252 g/mol. The Morgan fingerprint density at radius 3 is 2.50 bits per heavy atom. The van der Waals surface area contributed by atoms with Crippen molar-refractivity contribution in [2.75, 3.05) is 0 Å². The van der Waals surface area contributed by atoms with Gasteiger partial charge in [0.15, 0.2) is 0 Å². The number of aliphatic carboxylic acids is 1. The summed E-state index contributed by atoms with van der Waals surface area (Å²) in [4.78, 5) is 26.1. The van der Waals surface area contributed by atoms with Crippen LogP contribution in [0.3, 0.4) is 0 Å². The molecule has 2 N–H and O–H groups in total. The minimum absolute atomic E-state index is 0.0821. The molecule has 1 aromatic heterocycles. The van der Waals surface area contributed by atoms with Gasteiger partial charge in [0.25, 0.3) is 0 Å². The molecule has 0 radical (unpaired) electrons. The number of rotatable bonds is 5. The molecule has 0 bridgehead atoms. The molecule has 1 heterocycles. The first kappa shape index (κ1) is 14.0. The highest BCUT2D eigenvalue weighted by Gasteiger charge is 2.23. The van der Waals surface area contributed by atoms with E-state index in [-0.39, 0.29) is 12.5 Å². The van der Waals surface area contributed by atoms with Crippen molar-refractivity contribution >= 4 is 12.1 Å². The van der Waals surface area contributed by atoms with E-state index in [1.165, 1.54) is 0 Å². The Hall–Kier alpha value is -2.11. The predicted octanol–water partition coefficient (Wildman–Crippen LogP) is 1.42. The van der Waals surface area contributed by atoms with E-state index in [1.54, 1.807) is 38.4 Å². The van der Waals surface area contributed by atoms with Crippen LogP contribution >= 0.6 is 0 Å². The van der Waals surface area contributed by atoms with Gasteiger partial charge in [0.05, 0.1) is 0 Å². The number of pyridine rings is 1. The third-order valence-corrected chi connectivity index (χ3v) is 2.33. The first-order chi connectivity index (χ1) is 8.50. The van der Waals surface area contributed by atoms with E-state index in [1.807, 2.05) is 0 Å². The number of aromatic nitrogens is 1. The SMILES string of the molecule is CC(C)C(NC(=O)OCc1ccncc1)C(=O)O. The van der Waals surface area contributed by atoms with Gasteiger partial charge in [-0.1, -0.05) is 13.8 Å². The molecule has 0 spiro atoms. The predicted molar refractivity (Wildman–Crippen MR) is 63.8 cm³/mol. The average Bonchev–Trinajstić information content (AvgIpc) is 2.34. The van der Waals surface area contributed by atoms with E-state index < -0.39 is 18.1 Å². The van der Waals surface area contributed by atoms with Crippen LogP contribution in [0, 0.1) is 5.92 Å². The van der Waals surface area contributed by atoms with Gasteiger partial charge < -0.3 is 15.2 Å². The number of carboxylic acid groups (broad SMARTS) is 1. The molecule has 18 heavy (non-hydrogen) atoms. The van der Waals surface area contributed by atoms with Crippen LogP contribution in [0.5, 0.6) is 0 Å². The van der Waals surface area contributed by atoms with Gasteiger partial charge in [-0.2, -0.15) is 0 Å². The van der Waals surface area contributed by atoms with Crippen LogP contribution in [0.15, 0.2) is 24.5 Å². The Bertz CT molecular complexity index is 406. The molecule has 6 nitrogen and oxygen atoms in total. The minimum atomic E-state index is -1.08. The topological polar surface area (TPSA) is 88.5 Å². The highest BCUT2D eigenvalue weighted by Crippen LogP contribution is 2.03. The van der Waals surface area contributed by atoms with Crippen molar-refractivity contribution in [3.63, 3.8) is 0 Å². The fourth-order valence-corrected chi connectivity index (χ4v) is 1.31. The fraction of sp³-hybridized carbons (Fsp3) is 0.417. The maximum Gasteiger partial charge on any atom is 0.408 e. The summed E-state index contributed by atoms with van der Waals surface area (Å²) < 4.78 is 4.92. The van der Waals surface area contributed by atoms with E-state index in [9.17, 15) is 9.59 Å². The summed E-state index contributed by atoms with van der Waals surface area (Å²) in [7, 11) is 0. The molecule has 1 rings (SSSR count). The molecule has 1 unspecified atom stereocenters. The lowest BCUT2D eigenvalue weighted by Crippen LogP contribution is -2.44. The van der Waals surface area contributed by atoms with Crippen LogP contribution in [0.2, 0.25) is 0 Å². The number of carbonyl (C=O) groups is 2. The first-order valence-electron chi connectivity index (χ1n) is 5.55. The lowest BCUT2D eigenvalue weighted by molar-refractivity contribution is -0.140. The minimum Gasteiger partial charge on any atom is -0.480 e. The van der Waals surface area contributed by atoms with Gasteiger partial charge in [-0.25, -0.2) is 9.59 Å². The highest BCUT2D eigenvalue weighted by atomic mass is 16.5. The van der Waals surface area contributed by atoms with Crippen LogP contribution in [0.1, 0.15) is 19.4 Å². The zero-order chi connectivity index (χ0) is 13.5. The summed E-state index contributed by atoms with van der Waals surface area (Å²) >= 11 is 0. The molecule has 0 aromatic carbocycles. The van der Waals surface area contributed by atoms with Crippen LogP contribution in [0.25, 0.3) is 0 Å². The maximum absolute atomic E-state index is 11.4. The number of nitrogens with zero attached hydrogens (tertiary/aromatic N) is 1. The first-order valence-corrected chi connectivity index (χ1v) is 5.55. The second-order valence-corrected chi connectivity index (χ2v) is 4.14. The summed E-state index contributed by atoms with van der Waals surface area (Å²) in [6, 6.07) is 2.48. The molecule has 6 heteroatoms. The highest BCUT2D eigenvalue weighted by molar-refractivity contribution is 5.80. The molecule has 1 atom stereocenters. The molecule has 0 fully saturated rings. The Morgan fingerprint density at radius 2 is 2.00 bits per heavy atom. The second-order valence-electron chi connectivity index (χ2n) is 4.14. The molecule has 0 saturated heterocycles. The van der Waals surface area contributed by atoms with Crippen molar-refractivity contribution < 1.29 is 19.4 Å². The third-order valence-electron chi connectivity index (χ3n) is 2.33. The standard InChI is InChI=1S/C12H16N2O4/c1-8(2)10(11(15)16)14-12(17)18-7-9-3-5-13-6-4-9/h3-6,8,10H,7H2,1-2H3,(H,14,17)(H,15,16). The van der Waals surface area contributed by atoms with Crippen molar-refractivity contribution in [1.29, 1.82) is 0 Å². The number of alkyl carbamates (subject to hydrolysis) is 1. The van der Waals surface area contributed by atoms with Crippen LogP contribution in [-0.4, -0.2) is 28.2 Å². The van der Waals surface area contributed by atoms with Crippen LogP contribution < -0.4 is 5.32 Å². The van der Waals surface area contributed by atoms with E-state index >= 15 is 0 Å². The van der Waals surface area contributed by atoms with Crippen LogP contribution in [-0.2, 0) is 16.1 Å². The molecule has 0 saturated carbocycles. The summed E-state index contributed by atoms with van der Waals surface area (Å²) in [6.07, 6.45) is 2.43. The molecule has 1 amide bonds. The molecule has 0 aliphatic heterocycles. The summed E-state index contributed by atoms with van der Waals surface area (Å²) in [5.41, 5.74) is 0.788. The maximum atomic E-state index is 11.4. The number of carbonyl (C=O) groups excluding carboxylic acids is 1.